The van der Waals surface area contributed by atoms with E-state index in [1.807, 2.05) is 18.2 Å². The molecule has 132 valence electrons. The van der Waals surface area contributed by atoms with Gasteiger partial charge in [0.2, 0.25) is 0 Å². The maximum absolute atomic E-state index is 12.1. The van der Waals surface area contributed by atoms with Crippen LogP contribution in [0, 0.1) is 0 Å². The van der Waals surface area contributed by atoms with Crippen LogP contribution in [0.4, 0.5) is 4.79 Å². The number of nitrogens with one attached hydrogen (secondary N) is 1. The van der Waals surface area contributed by atoms with Crippen LogP contribution in [0.15, 0.2) is 30.3 Å². The van der Waals surface area contributed by atoms with Crippen LogP contribution in [-0.2, 0) is 19.1 Å². The second kappa shape index (κ2) is 9.05. The number of rotatable bonds is 7. The fourth-order valence-corrected chi connectivity index (χ4v) is 2.06. The van der Waals surface area contributed by atoms with Crippen LogP contribution in [0.3, 0.4) is 0 Å². The number of alkyl carbamates (subject to hydrolysis) is 1. The van der Waals surface area contributed by atoms with Crippen molar-refractivity contribution < 1.29 is 23.9 Å². The molecular weight excluding hydrogens is 310 g/mol. The van der Waals surface area contributed by atoms with E-state index in [1.54, 1.807) is 39.8 Å². The zero-order valence-corrected chi connectivity index (χ0v) is 14.6. The van der Waals surface area contributed by atoms with E-state index in [0.29, 0.717) is 0 Å². The minimum atomic E-state index is -0.639. The number of hydrogen-bond acceptors (Lipinski definition) is 5. The highest BCUT2D eigenvalue weighted by Crippen LogP contribution is 2.19. The highest BCUT2D eigenvalue weighted by molar-refractivity contribution is 5.96. The Morgan fingerprint density at radius 1 is 1.12 bits per heavy atom. The molecule has 6 nitrogen and oxygen atoms in total. The maximum Gasteiger partial charge on any atom is 0.408 e. The lowest BCUT2D eigenvalue weighted by molar-refractivity contribution is -0.145. The van der Waals surface area contributed by atoms with E-state index in [1.165, 1.54) is 0 Å². The first kappa shape index (κ1) is 19.7. The van der Waals surface area contributed by atoms with Crippen molar-refractivity contribution in [3.8, 4) is 0 Å². The third-order valence-electron chi connectivity index (χ3n) is 2.97. The smallest absolute Gasteiger partial charge is 0.408 e. The SMILES string of the molecule is CCOC(=O)CC(=O)C[C@H](NC(=O)OC(C)(C)C)c1ccccc1. The minimum absolute atomic E-state index is 0.0118. The molecule has 0 aromatic heterocycles. The highest BCUT2D eigenvalue weighted by Gasteiger charge is 2.23. The van der Waals surface area contributed by atoms with E-state index in [2.05, 4.69) is 5.32 Å². The molecule has 0 spiro atoms. The third kappa shape index (κ3) is 7.76. The van der Waals surface area contributed by atoms with E-state index in [-0.39, 0.29) is 25.2 Å². The molecule has 1 aromatic rings. The Hall–Kier alpha value is -2.37. The van der Waals surface area contributed by atoms with Gasteiger partial charge in [0.1, 0.15) is 17.8 Å². The van der Waals surface area contributed by atoms with Gasteiger partial charge in [0, 0.05) is 6.42 Å². The number of ether oxygens (including phenoxy) is 2. The summed E-state index contributed by atoms with van der Waals surface area (Å²) in [5.41, 5.74) is 0.126. The topological polar surface area (TPSA) is 81.7 Å². The van der Waals surface area contributed by atoms with Gasteiger partial charge >= 0.3 is 12.1 Å². The van der Waals surface area contributed by atoms with Crippen LogP contribution >= 0.6 is 0 Å². The number of esters is 1. The molecule has 0 aliphatic rings. The van der Waals surface area contributed by atoms with Gasteiger partial charge in [0.05, 0.1) is 12.6 Å². The average Bonchev–Trinajstić information content (AvgIpc) is 2.45. The van der Waals surface area contributed by atoms with Gasteiger partial charge < -0.3 is 14.8 Å². The van der Waals surface area contributed by atoms with E-state index in [0.717, 1.165) is 5.56 Å². The van der Waals surface area contributed by atoms with Crippen molar-refractivity contribution in [2.75, 3.05) is 6.61 Å². The molecule has 0 aliphatic carbocycles. The van der Waals surface area contributed by atoms with Gasteiger partial charge in [0.25, 0.3) is 0 Å². The van der Waals surface area contributed by atoms with Crippen LogP contribution in [0.1, 0.15) is 52.1 Å². The standard InChI is InChI=1S/C18H25NO5/c1-5-23-16(21)12-14(20)11-15(13-9-7-6-8-10-13)19-17(22)24-18(2,3)4/h6-10,15H,5,11-12H2,1-4H3,(H,19,22)/t15-/m0/s1. The molecule has 1 atom stereocenters. The Morgan fingerprint density at radius 2 is 1.75 bits per heavy atom. The van der Waals surface area contributed by atoms with E-state index >= 15 is 0 Å². The first-order valence-electron chi connectivity index (χ1n) is 7.93. The number of ketones is 1. The molecule has 1 amide bonds. The molecule has 6 heteroatoms. The van der Waals surface area contributed by atoms with Crippen molar-refractivity contribution in [3.05, 3.63) is 35.9 Å². The van der Waals surface area contributed by atoms with Gasteiger partial charge in [-0.15, -0.1) is 0 Å². The lowest BCUT2D eigenvalue weighted by Gasteiger charge is -2.23. The van der Waals surface area contributed by atoms with Gasteiger partial charge in [-0.2, -0.15) is 0 Å². The second-order valence-corrected chi connectivity index (χ2v) is 6.33. The summed E-state index contributed by atoms with van der Waals surface area (Å²) in [5.74, 6) is -0.870. The first-order valence-corrected chi connectivity index (χ1v) is 7.93. The summed E-state index contributed by atoms with van der Waals surface area (Å²) in [7, 11) is 0. The van der Waals surface area contributed by atoms with Gasteiger partial charge in [-0.1, -0.05) is 30.3 Å². The van der Waals surface area contributed by atoms with Crippen molar-refractivity contribution in [2.24, 2.45) is 0 Å². The summed E-state index contributed by atoms with van der Waals surface area (Å²) >= 11 is 0. The predicted molar refractivity (Wildman–Crippen MR) is 89.4 cm³/mol. The number of Topliss-reactive ketones (excluding diaryl/α,β-unsaturated/α-hetero) is 1. The zero-order chi connectivity index (χ0) is 18.2. The van der Waals surface area contributed by atoms with Crippen molar-refractivity contribution in [3.63, 3.8) is 0 Å². The zero-order valence-electron chi connectivity index (χ0n) is 14.6. The molecule has 0 radical (unpaired) electrons. The molecule has 24 heavy (non-hydrogen) atoms. The van der Waals surface area contributed by atoms with Crippen LogP contribution in [0.25, 0.3) is 0 Å². The summed E-state index contributed by atoms with van der Waals surface area (Å²) in [5, 5.41) is 2.69. The molecular formula is C18H25NO5. The number of carbonyl (C=O) groups is 3. The molecule has 0 saturated carbocycles. The second-order valence-electron chi connectivity index (χ2n) is 6.33. The van der Waals surface area contributed by atoms with Gasteiger partial charge in [-0.25, -0.2) is 4.79 Å². The highest BCUT2D eigenvalue weighted by atomic mass is 16.6. The van der Waals surface area contributed by atoms with Crippen LogP contribution in [0.2, 0.25) is 0 Å². The average molecular weight is 335 g/mol. The van der Waals surface area contributed by atoms with Crippen LogP contribution in [-0.4, -0.2) is 30.1 Å². The largest absolute Gasteiger partial charge is 0.466 e. The summed E-state index contributed by atoms with van der Waals surface area (Å²) in [6.07, 6.45) is -0.935. The van der Waals surface area contributed by atoms with Crippen molar-refractivity contribution in [1.29, 1.82) is 0 Å². The molecule has 1 N–H and O–H groups in total. The molecule has 1 rings (SSSR count). The molecule has 0 bridgehead atoms. The summed E-state index contributed by atoms with van der Waals surface area (Å²) in [4.78, 5) is 35.5. The van der Waals surface area contributed by atoms with Gasteiger partial charge in [-0.05, 0) is 33.3 Å². The molecule has 0 saturated heterocycles. The van der Waals surface area contributed by atoms with Crippen molar-refractivity contribution in [1.82, 2.24) is 5.32 Å². The van der Waals surface area contributed by atoms with E-state index in [4.69, 9.17) is 9.47 Å². The summed E-state index contributed by atoms with van der Waals surface area (Å²) in [6, 6.07) is 8.51. The van der Waals surface area contributed by atoms with Crippen LogP contribution in [0.5, 0.6) is 0 Å². The number of benzene rings is 1. The van der Waals surface area contributed by atoms with E-state index < -0.39 is 23.7 Å². The Morgan fingerprint density at radius 3 is 2.29 bits per heavy atom. The van der Waals surface area contributed by atoms with Crippen molar-refractivity contribution >= 4 is 17.8 Å². The monoisotopic (exact) mass is 335 g/mol. The maximum atomic E-state index is 12.1. The summed E-state index contributed by atoms with van der Waals surface area (Å²) < 4.78 is 10.0. The predicted octanol–water partition coefficient (Wildman–Crippen LogP) is 3.16. The molecule has 1 aromatic carbocycles. The summed E-state index contributed by atoms with van der Waals surface area (Å²) in [6.45, 7) is 7.19. The normalized spacial score (nSPS) is 12.2. The first-order chi connectivity index (χ1) is 11.2. The van der Waals surface area contributed by atoms with Crippen molar-refractivity contribution in [2.45, 2.75) is 52.2 Å². The number of carbonyl (C=O) groups excluding carboxylic acids is 3. The Balaban J connectivity index is 2.78. The molecule has 0 fully saturated rings. The molecule has 0 unspecified atom stereocenters. The fourth-order valence-electron chi connectivity index (χ4n) is 2.06. The quantitative estimate of drug-likeness (QED) is 0.611. The van der Waals surface area contributed by atoms with Gasteiger partial charge in [-0.3, -0.25) is 9.59 Å². The molecule has 0 aliphatic heterocycles. The molecule has 0 heterocycles. The third-order valence-corrected chi connectivity index (χ3v) is 2.97. The minimum Gasteiger partial charge on any atom is -0.466 e. The Bertz CT molecular complexity index is 563. The Kier molecular flexibility index (Phi) is 7.42. The van der Waals surface area contributed by atoms with Crippen LogP contribution < -0.4 is 5.32 Å². The lowest BCUT2D eigenvalue weighted by atomic mass is 10.0. The lowest BCUT2D eigenvalue weighted by Crippen LogP contribution is -2.36. The Labute approximate surface area is 142 Å². The number of hydrogen-bond donors (Lipinski definition) is 1. The number of amides is 1. The fraction of sp³-hybridized carbons (Fsp3) is 0.500. The van der Waals surface area contributed by atoms with E-state index in [9.17, 15) is 14.4 Å². The van der Waals surface area contributed by atoms with Gasteiger partial charge in [0.15, 0.2) is 0 Å².